The number of hydrogen-bond acceptors (Lipinski definition) is 4. The van der Waals surface area contributed by atoms with Crippen molar-refractivity contribution in [3.05, 3.63) is 0 Å². The Bertz CT molecular complexity index is 284. The molecule has 0 aromatic carbocycles. The van der Waals surface area contributed by atoms with Crippen molar-refractivity contribution in [2.45, 2.75) is 31.3 Å². The first-order chi connectivity index (χ1) is 7.41. The molecule has 1 fully saturated rings. The van der Waals surface area contributed by atoms with Crippen molar-refractivity contribution < 1.29 is 18.4 Å². The van der Waals surface area contributed by atoms with E-state index in [2.05, 4.69) is 12.2 Å². The van der Waals surface area contributed by atoms with Crippen molar-refractivity contribution in [3.63, 3.8) is 0 Å². The maximum absolute atomic E-state index is 13.7. The summed E-state index contributed by atoms with van der Waals surface area (Å²) in [5, 5.41) is 0. The highest BCUT2D eigenvalue weighted by Crippen LogP contribution is 2.54. The molecular formula is C8H15BFO3PS2. The zero-order valence-corrected chi connectivity index (χ0v) is 11.8. The topological polar surface area (TPSA) is 27.7 Å². The van der Waals surface area contributed by atoms with Crippen molar-refractivity contribution in [2.24, 2.45) is 0 Å². The minimum atomic E-state index is -2.25. The quantitative estimate of drug-likeness (QED) is 0.470. The van der Waals surface area contributed by atoms with E-state index in [1.54, 1.807) is 0 Å². The molecule has 2 unspecified atom stereocenters. The normalized spacial score (nSPS) is 38.5. The predicted octanol–water partition coefficient (Wildman–Crippen LogP) is 1.51. The fraction of sp³-hybridized carbons (Fsp3) is 1.00. The summed E-state index contributed by atoms with van der Waals surface area (Å²) in [6.45, 7) is 2.09. The summed E-state index contributed by atoms with van der Waals surface area (Å²) < 4.78 is 29.4. The van der Waals surface area contributed by atoms with Crippen molar-refractivity contribution >= 4 is 37.4 Å². The van der Waals surface area contributed by atoms with Gasteiger partial charge >= 0.3 is 0 Å². The van der Waals surface area contributed by atoms with Gasteiger partial charge in [-0.05, 0) is 0 Å². The summed E-state index contributed by atoms with van der Waals surface area (Å²) >= 11 is 9.40. The maximum atomic E-state index is 13.7. The van der Waals surface area contributed by atoms with Crippen LogP contribution in [0.1, 0.15) is 6.92 Å². The second-order valence-electron chi connectivity index (χ2n) is 3.56. The van der Waals surface area contributed by atoms with Gasteiger partial charge in [-0.25, -0.2) is 4.39 Å². The fourth-order valence-electron chi connectivity index (χ4n) is 1.44. The number of thiol groups is 1. The monoisotopic (exact) mass is 284 g/mol. The Morgan fingerprint density at radius 2 is 2.25 bits per heavy atom. The van der Waals surface area contributed by atoms with Crippen LogP contribution in [0.5, 0.6) is 0 Å². The molecule has 0 amide bonds. The second kappa shape index (κ2) is 6.16. The summed E-state index contributed by atoms with van der Waals surface area (Å²) in [6, 6.07) is -0.981. The molecule has 0 spiro atoms. The average molecular weight is 284 g/mol. The van der Waals surface area contributed by atoms with Gasteiger partial charge < -0.3 is 14.0 Å². The third kappa shape index (κ3) is 3.69. The van der Waals surface area contributed by atoms with Crippen LogP contribution in [0.15, 0.2) is 0 Å². The highest BCUT2D eigenvalue weighted by atomic mass is 32.9. The van der Waals surface area contributed by atoms with Crippen LogP contribution in [0.3, 0.4) is 0 Å². The van der Waals surface area contributed by atoms with Gasteiger partial charge in [0.05, 0.1) is 12.6 Å². The Morgan fingerprint density at radius 1 is 1.62 bits per heavy atom. The molecule has 2 radical (unpaired) electrons. The molecule has 0 aromatic heterocycles. The second-order valence-corrected chi connectivity index (χ2v) is 10.2. The molecule has 0 bridgehead atoms. The Balaban J connectivity index is 2.70. The molecule has 5 atom stereocenters. The summed E-state index contributed by atoms with van der Waals surface area (Å²) in [7, 11) is 6.98. The van der Waals surface area contributed by atoms with Crippen LogP contribution >= 0.6 is 17.7 Å². The smallest absolute Gasteiger partial charge is 0.147 e. The van der Waals surface area contributed by atoms with Crippen LogP contribution in [-0.2, 0) is 25.8 Å². The molecule has 0 aliphatic carbocycles. The summed E-state index contributed by atoms with van der Waals surface area (Å²) in [5.74, 6) is 0. The van der Waals surface area contributed by atoms with Crippen LogP contribution in [0.25, 0.3) is 0 Å². The van der Waals surface area contributed by atoms with Gasteiger partial charge in [0.2, 0.25) is 0 Å². The lowest BCUT2D eigenvalue weighted by molar-refractivity contribution is -0.00783. The van der Waals surface area contributed by atoms with Crippen LogP contribution < -0.4 is 0 Å². The van der Waals surface area contributed by atoms with Crippen molar-refractivity contribution in [3.8, 4) is 0 Å². The molecule has 3 nitrogen and oxygen atoms in total. The van der Waals surface area contributed by atoms with E-state index in [9.17, 15) is 4.39 Å². The first-order valence-electron chi connectivity index (χ1n) is 4.95. The van der Waals surface area contributed by atoms with E-state index in [1.165, 1.54) is 7.11 Å². The molecule has 1 saturated heterocycles. The third-order valence-corrected chi connectivity index (χ3v) is 5.88. The average Bonchev–Trinajstić information content (AvgIpc) is 2.47. The van der Waals surface area contributed by atoms with Gasteiger partial charge in [0.1, 0.15) is 31.7 Å². The largest absolute Gasteiger partial charge is 0.382 e. The van der Waals surface area contributed by atoms with E-state index >= 15 is 0 Å². The zero-order valence-electron chi connectivity index (χ0n) is 9.21. The molecule has 8 heteroatoms. The number of ether oxygens (including phenoxy) is 2. The first-order valence-corrected chi connectivity index (χ1v) is 9.01. The Kier molecular flexibility index (Phi) is 5.75. The predicted molar refractivity (Wildman–Crippen MR) is 69.9 cm³/mol. The highest BCUT2D eigenvalue weighted by Gasteiger charge is 2.44. The van der Waals surface area contributed by atoms with Gasteiger partial charge in [0, 0.05) is 13.3 Å². The van der Waals surface area contributed by atoms with Gasteiger partial charge in [-0.3, -0.25) is 0 Å². The Morgan fingerprint density at radius 3 is 2.75 bits per heavy atom. The zero-order chi connectivity index (χ0) is 12.3. The molecule has 16 heavy (non-hydrogen) atoms. The molecule has 1 aliphatic rings. The first kappa shape index (κ1) is 14.9. The van der Waals surface area contributed by atoms with Crippen molar-refractivity contribution in [2.75, 3.05) is 19.9 Å². The van der Waals surface area contributed by atoms with E-state index in [4.69, 9.17) is 33.7 Å². The fourth-order valence-corrected chi connectivity index (χ4v) is 2.84. The summed E-state index contributed by atoms with van der Waals surface area (Å²) in [4.78, 5) is 0. The maximum Gasteiger partial charge on any atom is 0.147 e. The molecule has 0 N–H and O–H groups in total. The molecular weight excluding hydrogens is 269 g/mol. The van der Waals surface area contributed by atoms with Crippen LogP contribution in [0, 0.1) is 0 Å². The standard InChI is InChI=1S/C8H15BFO3PS2/c1-3-14(15,16)13-7-5(4-11-2)12-8(9)6(7)10/h5-8H,3-4H2,1-2H3,(H,15,16)/t5-,6-,7?,8-/m1/s1. The SMILES string of the molecule is [B][C@@H]1O[C@H](COC)C(OP(=S)(S)CC)[C@H]1F. The Labute approximate surface area is 107 Å². The number of rotatable bonds is 5. The molecule has 1 aliphatic heterocycles. The Hall–Kier alpha value is 0.875. The van der Waals surface area contributed by atoms with Crippen molar-refractivity contribution in [1.29, 1.82) is 0 Å². The van der Waals surface area contributed by atoms with Crippen LogP contribution in [0.4, 0.5) is 4.39 Å². The van der Waals surface area contributed by atoms with Gasteiger partial charge in [0.15, 0.2) is 0 Å². The van der Waals surface area contributed by atoms with E-state index < -0.39 is 29.8 Å². The highest BCUT2D eigenvalue weighted by molar-refractivity contribution is 8.61. The number of hydrogen-bond donors (Lipinski definition) is 1. The minimum absolute atomic E-state index is 0.228. The van der Waals surface area contributed by atoms with Crippen LogP contribution in [0.2, 0.25) is 0 Å². The molecule has 92 valence electrons. The molecule has 0 saturated carbocycles. The van der Waals surface area contributed by atoms with Gasteiger partial charge in [-0.15, -0.1) is 12.2 Å². The van der Waals surface area contributed by atoms with Gasteiger partial charge in [0.25, 0.3) is 0 Å². The number of halogens is 1. The van der Waals surface area contributed by atoms with E-state index in [0.29, 0.717) is 6.16 Å². The van der Waals surface area contributed by atoms with Crippen LogP contribution in [-0.4, -0.2) is 52.1 Å². The van der Waals surface area contributed by atoms with E-state index in [0.717, 1.165) is 0 Å². The molecule has 1 heterocycles. The summed E-state index contributed by atoms with van der Waals surface area (Å²) in [6.07, 6.45) is -2.10. The summed E-state index contributed by atoms with van der Waals surface area (Å²) in [5.41, 5.74) is -2.25. The lowest BCUT2D eigenvalue weighted by atomic mass is 9.94. The van der Waals surface area contributed by atoms with E-state index in [-0.39, 0.29) is 6.61 Å². The lowest BCUT2D eigenvalue weighted by Gasteiger charge is -2.24. The third-order valence-electron chi connectivity index (χ3n) is 2.34. The lowest BCUT2D eigenvalue weighted by Crippen LogP contribution is -2.33. The number of alkyl halides is 1. The molecule has 1 rings (SSSR count). The minimum Gasteiger partial charge on any atom is -0.382 e. The van der Waals surface area contributed by atoms with Gasteiger partial charge in [-0.2, -0.15) is 0 Å². The van der Waals surface area contributed by atoms with E-state index in [1.807, 2.05) is 6.92 Å². The number of methoxy groups -OCH3 is 1. The molecule has 0 aromatic rings. The van der Waals surface area contributed by atoms with Gasteiger partial charge in [-0.1, -0.05) is 18.7 Å². The van der Waals surface area contributed by atoms with Crippen molar-refractivity contribution in [1.82, 2.24) is 0 Å².